The minimum Gasteiger partial charge on any atom is -0.462 e. The summed E-state index contributed by atoms with van der Waals surface area (Å²) in [7, 11) is 0. The van der Waals surface area contributed by atoms with Gasteiger partial charge in [-0.15, -0.1) is 0 Å². The molecule has 28 heavy (non-hydrogen) atoms. The van der Waals surface area contributed by atoms with Crippen molar-refractivity contribution in [3.63, 3.8) is 0 Å². The highest BCUT2D eigenvalue weighted by Crippen LogP contribution is 2.34. The number of para-hydroxylation sites is 1. The van der Waals surface area contributed by atoms with Gasteiger partial charge in [-0.2, -0.15) is 0 Å². The first-order valence-electron chi connectivity index (χ1n) is 8.89. The molecule has 0 spiro atoms. The van der Waals surface area contributed by atoms with Gasteiger partial charge in [-0.25, -0.2) is 14.6 Å². The van der Waals surface area contributed by atoms with Gasteiger partial charge in [-0.1, -0.05) is 29.8 Å². The van der Waals surface area contributed by atoms with E-state index >= 15 is 0 Å². The summed E-state index contributed by atoms with van der Waals surface area (Å²) in [6.45, 7) is 7.24. The van der Waals surface area contributed by atoms with Crippen LogP contribution in [0.15, 0.2) is 42.6 Å². The second-order valence-electron chi connectivity index (χ2n) is 7.13. The minimum absolute atomic E-state index is 0.116. The molecule has 0 unspecified atom stereocenters. The molecule has 146 valence electrons. The smallest absolute Gasteiger partial charge is 0.419 e. The molecule has 0 aliphatic rings. The molecule has 2 aromatic heterocycles. The van der Waals surface area contributed by atoms with E-state index in [-0.39, 0.29) is 22.9 Å². The Kier molecular flexibility index (Phi) is 5.42. The largest absolute Gasteiger partial charge is 0.462 e. The molecule has 0 saturated carbocycles. The molecule has 3 aromatic rings. The molecule has 0 bridgehead atoms. The molecular formula is C21H21ClN2O4. The molecule has 0 atom stereocenters. The van der Waals surface area contributed by atoms with E-state index in [2.05, 4.69) is 4.98 Å². The maximum atomic E-state index is 12.7. The molecule has 3 rings (SSSR count). The Morgan fingerprint density at radius 2 is 1.86 bits per heavy atom. The molecule has 0 saturated heterocycles. The molecule has 7 heteroatoms. The third-order valence-electron chi connectivity index (χ3n) is 3.89. The summed E-state index contributed by atoms with van der Waals surface area (Å²) in [6, 6.07) is 10.6. The Balaban J connectivity index is 2.24. The van der Waals surface area contributed by atoms with E-state index in [0.717, 1.165) is 0 Å². The number of nitrogens with zero attached hydrogens (tertiary/aromatic N) is 2. The fourth-order valence-electron chi connectivity index (χ4n) is 2.79. The van der Waals surface area contributed by atoms with Crippen LogP contribution in [-0.2, 0) is 9.47 Å². The number of halogens is 1. The summed E-state index contributed by atoms with van der Waals surface area (Å²) in [4.78, 5) is 29.9. The number of carbonyl (C=O) groups is 2. The molecule has 2 heterocycles. The van der Waals surface area contributed by atoms with E-state index in [9.17, 15) is 9.59 Å². The first-order chi connectivity index (χ1) is 13.2. The first kappa shape index (κ1) is 19.9. The average molecular weight is 401 g/mol. The van der Waals surface area contributed by atoms with E-state index in [1.807, 2.05) is 12.1 Å². The third kappa shape index (κ3) is 3.87. The van der Waals surface area contributed by atoms with Gasteiger partial charge >= 0.3 is 12.1 Å². The number of aromatic nitrogens is 2. The zero-order valence-electron chi connectivity index (χ0n) is 16.2. The van der Waals surface area contributed by atoms with E-state index < -0.39 is 17.7 Å². The van der Waals surface area contributed by atoms with Crippen molar-refractivity contribution in [1.82, 2.24) is 9.55 Å². The molecule has 0 amide bonds. The lowest BCUT2D eigenvalue weighted by Crippen LogP contribution is -2.27. The van der Waals surface area contributed by atoms with Gasteiger partial charge in [0.05, 0.1) is 22.8 Å². The second-order valence-corrected chi connectivity index (χ2v) is 7.51. The number of rotatable bonds is 3. The van der Waals surface area contributed by atoms with E-state index in [1.54, 1.807) is 58.2 Å². The standard InChI is InChI=1S/C21H21ClN2O4/c1-5-27-19(25)16-17(22)13-9-6-7-10-14(13)23-18(16)15-11-8-12-24(15)20(26)28-21(2,3)4/h6-12H,5H2,1-4H3. The van der Waals surface area contributed by atoms with Crippen LogP contribution < -0.4 is 0 Å². The average Bonchev–Trinajstić information content (AvgIpc) is 3.10. The second kappa shape index (κ2) is 7.64. The zero-order valence-corrected chi connectivity index (χ0v) is 16.9. The normalized spacial score (nSPS) is 11.5. The number of hydrogen-bond donors (Lipinski definition) is 0. The predicted octanol–water partition coefficient (Wildman–Crippen LogP) is 5.32. The van der Waals surface area contributed by atoms with Crippen LogP contribution in [0.3, 0.4) is 0 Å². The number of benzene rings is 1. The molecule has 6 nitrogen and oxygen atoms in total. The van der Waals surface area contributed by atoms with Gasteiger partial charge in [0.15, 0.2) is 0 Å². The molecular weight excluding hydrogens is 380 g/mol. The predicted molar refractivity (Wildman–Crippen MR) is 108 cm³/mol. The Hall–Kier alpha value is -2.86. The van der Waals surface area contributed by atoms with Gasteiger partial charge in [0, 0.05) is 11.6 Å². The van der Waals surface area contributed by atoms with E-state index in [0.29, 0.717) is 16.6 Å². The quantitative estimate of drug-likeness (QED) is 0.556. The summed E-state index contributed by atoms with van der Waals surface area (Å²) < 4.78 is 12.0. The summed E-state index contributed by atoms with van der Waals surface area (Å²) in [5, 5.41) is 0.863. The molecule has 0 aliphatic heterocycles. The third-order valence-corrected chi connectivity index (χ3v) is 4.28. The summed E-state index contributed by atoms with van der Waals surface area (Å²) in [5.74, 6) is -0.599. The Morgan fingerprint density at radius 3 is 2.54 bits per heavy atom. The van der Waals surface area contributed by atoms with Crippen LogP contribution in [0.25, 0.3) is 22.3 Å². The van der Waals surface area contributed by atoms with Crippen molar-refractivity contribution in [1.29, 1.82) is 0 Å². The number of pyridine rings is 1. The first-order valence-corrected chi connectivity index (χ1v) is 9.27. The molecule has 0 fully saturated rings. The number of hydrogen-bond acceptors (Lipinski definition) is 5. The number of esters is 1. The van der Waals surface area contributed by atoms with Crippen molar-refractivity contribution in [2.24, 2.45) is 0 Å². The Bertz CT molecular complexity index is 1050. The number of fused-ring (bicyclic) bond motifs is 1. The van der Waals surface area contributed by atoms with Crippen LogP contribution in [0, 0.1) is 0 Å². The highest BCUT2D eigenvalue weighted by atomic mass is 35.5. The van der Waals surface area contributed by atoms with E-state index in [4.69, 9.17) is 21.1 Å². The molecule has 1 aromatic carbocycles. The summed E-state index contributed by atoms with van der Waals surface area (Å²) >= 11 is 6.57. The van der Waals surface area contributed by atoms with Gasteiger partial charge in [-0.05, 0) is 45.9 Å². The van der Waals surface area contributed by atoms with E-state index in [1.165, 1.54) is 4.57 Å². The SMILES string of the molecule is CCOC(=O)c1c(-c2cccn2C(=O)OC(C)(C)C)nc2ccccc2c1Cl. The lowest BCUT2D eigenvalue weighted by atomic mass is 10.1. The van der Waals surface area contributed by atoms with Gasteiger partial charge in [0.2, 0.25) is 0 Å². The van der Waals surface area contributed by atoms with Gasteiger partial charge in [0.1, 0.15) is 16.9 Å². The Morgan fingerprint density at radius 1 is 1.14 bits per heavy atom. The number of carbonyl (C=O) groups excluding carboxylic acids is 2. The van der Waals surface area contributed by atoms with Crippen LogP contribution >= 0.6 is 11.6 Å². The molecule has 0 aliphatic carbocycles. The molecule has 0 N–H and O–H groups in total. The van der Waals surface area contributed by atoms with Crippen LogP contribution in [-0.4, -0.2) is 33.8 Å². The lowest BCUT2D eigenvalue weighted by molar-refractivity contribution is 0.0517. The van der Waals surface area contributed by atoms with Crippen molar-refractivity contribution in [3.8, 4) is 11.4 Å². The monoisotopic (exact) mass is 400 g/mol. The van der Waals surface area contributed by atoms with Crippen molar-refractivity contribution < 1.29 is 19.1 Å². The summed E-state index contributed by atoms with van der Waals surface area (Å²) in [6.07, 6.45) is 0.983. The van der Waals surface area contributed by atoms with Crippen molar-refractivity contribution in [2.75, 3.05) is 6.61 Å². The lowest BCUT2D eigenvalue weighted by Gasteiger charge is -2.21. The van der Waals surface area contributed by atoms with Crippen molar-refractivity contribution in [3.05, 3.63) is 53.2 Å². The van der Waals surface area contributed by atoms with Crippen molar-refractivity contribution >= 4 is 34.6 Å². The van der Waals surface area contributed by atoms with Crippen LogP contribution in [0.4, 0.5) is 4.79 Å². The van der Waals surface area contributed by atoms with Gasteiger partial charge < -0.3 is 9.47 Å². The topological polar surface area (TPSA) is 70.4 Å². The Labute approximate surface area is 168 Å². The zero-order chi connectivity index (χ0) is 20.5. The highest BCUT2D eigenvalue weighted by molar-refractivity contribution is 6.39. The summed E-state index contributed by atoms with van der Waals surface area (Å²) in [5.41, 5.74) is 0.707. The van der Waals surface area contributed by atoms with Gasteiger partial charge in [0.25, 0.3) is 0 Å². The maximum absolute atomic E-state index is 12.7. The van der Waals surface area contributed by atoms with Crippen LogP contribution in [0.2, 0.25) is 5.02 Å². The maximum Gasteiger partial charge on any atom is 0.419 e. The highest BCUT2D eigenvalue weighted by Gasteiger charge is 2.26. The van der Waals surface area contributed by atoms with Gasteiger partial charge in [-0.3, -0.25) is 4.57 Å². The fraction of sp³-hybridized carbons (Fsp3) is 0.286. The number of ether oxygens (including phenoxy) is 2. The molecule has 0 radical (unpaired) electrons. The van der Waals surface area contributed by atoms with Crippen LogP contribution in [0.1, 0.15) is 38.1 Å². The van der Waals surface area contributed by atoms with Crippen LogP contribution in [0.5, 0.6) is 0 Å². The fourth-order valence-corrected chi connectivity index (χ4v) is 3.12. The minimum atomic E-state index is -0.670. The van der Waals surface area contributed by atoms with Crippen molar-refractivity contribution in [2.45, 2.75) is 33.3 Å².